The summed E-state index contributed by atoms with van der Waals surface area (Å²) in [5.74, 6) is 0.761. The molecule has 3 heteroatoms. The predicted octanol–water partition coefficient (Wildman–Crippen LogP) is 2.43. The van der Waals surface area contributed by atoms with E-state index in [0.717, 1.165) is 24.8 Å². The highest BCUT2D eigenvalue weighted by Gasteiger charge is 2.48. The normalized spacial score (nSPS) is 33.9. The molecule has 16 heavy (non-hydrogen) atoms. The van der Waals surface area contributed by atoms with Gasteiger partial charge in [-0.15, -0.1) is 0 Å². The van der Waals surface area contributed by atoms with Crippen molar-refractivity contribution >= 4 is 0 Å². The maximum absolute atomic E-state index is 6.16. The number of rotatable bonds is 2. The molecule has 86 valence electrons. The fraction of sp³-hybridized carbons (Fsp3) is 0.615. The highest BCUT2D eigenvalue weighted by atomic mass is 16.5. The Balaban J connectivity index is 1.83. The van der Waals surface area contributed by atoms with Crippen LogP contribution in [0.1, 0.15) is 32.1 Å². The van der Waals surface area contributed by atoms with Gasteiger partial charge in [0.25, 0.3) is 0 Å². The Morgan fingerprint density at radius 3 is 3.12 bits per heavy atom. The fourth-order valence-corrected chi connectivity index (χ4v) is 3.12. The SMILES string of the molecule is CN1[C@@H]2CCC[C@@]1(Oc1ccccn1)CC2. The molecule has 0 unspecified atom stereocenters. The van der Waals surface area contributed by atoms with E-state index in [9.17, 15) is 0 Å². The van der Waals surface area contributed by atoms with E-state index in [-0.39, 0.29) is 5.72 Å². The molecule has 0 amide bonds. The Labute approximate surface area is 96.4 Å². The van der Waals surface area contributed by atoms with Crippen molar-refractivity contribution < 1.29 is 4.74 Å². The second kappa shape index (κ2) is 3.74. The average molecular weight is 218 g/mol. The lowest BCUT2D eigenvalue weighted by atomic mass is 10.0. The number of ether oxygens (including phenoxy) is 1. The Bertz CT molecular complexity index is 363. The van der Waals surface area contributed by atoms with Gasteiger partial charge in [0.1, 0.15) is 0 Å². The van der Waals surface area contributed by atoms with Gasteiger partial charge in [-0.3, -0.25) is 4.90 Å². The molecule has 3 rings (SSSR count). The molecular weight excluding hydrogens is 200 g/mol. The minimum atomic E-state index is -0.0722. The standard InChI is InChI=1S/C13H18N2O/c1-15-11-5-4-8-13(15,9-7-11)16-12-6-2-3-10-14-12/h2-3,6,10-11H,4-5,7-9H2,1H3/t11-,13-/m1/s1. The summed E-state index contributed by atoms with van der Waals surface area (Å²) in [5, 5.41) is 0. The van der Waals surface area contributed by atoms with E-state index >= 15 is 0 Å². The summed E-state index contributed by atoms with van der Waals surface area (Å²) in [6, 6.07) is 6.57. The van der Waals surface area contributed by atoms with Crippen molar-refractivity contribution in [3.05, 3.63) is 24.4 Å². The highest BCUT2D eigenvalue weighted by Crippen LogP contribution is 2.43. The molecule has 1 aromatic rings. The molecule has 2 aliphatic rings. The Morgan fingerprint density at radius 1 is 1.38 bits per heavy atom. The molecule has 0 saturated carbocycles. The van der Waals surface area contributed by atoms with Gasteiger partial charge in [0.15, 0.2) is 5.72 Å². The van der Waals surface area contributed by atoms with E-state index in [1.807, 2.05) is 18.2 Å². The smallest absolute Gasteiger partial charge is 0.214 e. The second-order valence-electron chi connectivity index (χ2n) is 4.91. The summed E-state index contributed by atoms with van der Waals surface area (Å²) in [6.07, 6.45) is 7.94. The minimum absolute atomic E-state index is 0.0722. The van der Waals surface area contributed by atoms with Crippen LogP contribution in [-0.2, 0) is 0 Å². The van der Waals surface area contributed by atoms with Crippen molar-refractivity contribution in [2.75, 3.05) is 7.05 Å². The lowest BCUT2D eigenvalue weighted by Crippen LogP contribution is -2.52. The van der Waals surface area contributed by atoms with Crippen LogP contribution in [0.4, 0.5) is 0 Å². The van der Waals surface area contributed by atoms with Crippen LogP contribution in [0.15, 0.2) is 24.4 Å². The van der Waals surface area contributed by atoms with Gasteiger partial charge in [0, 0.05) is 31.1 Å². The topological polar surface area (TPSA) is 25.4 Å². The maximum atomic E-state index is 6.16. The predicted molar refractivity (Wildman–Crippen MR) is 62.2 cm³/mol. The van der Waals surface area contributed by atoms with Crippen LogP contribution in [0, 0.1) is 0 Å². The van der Waals surface area contributed by atoms with Crippen LogP contribution < -0.4 is 4.74 Å². The summed E-state index contributed by atoms with van der Waals surface area (Å²) in [5.41, 5.74) is -0.0722. The van der Waals surface area contributed by atoms with Crippen molar-refractivity contribution in [1.82, 2.24) is 9.88 Å². The van der Waals surface area contributed by atoms with E-state index in [1.165, 1.54) is 19.3 Å². The van der Waals surface area contributed by atoms with E-state index in [1.54, 1.807) is 6.20 Å². The molecule has 2 atom stereocenters. The minimum Gasteiger partial charge on any atom is -0.456 e. The van der Waals surface area contributed by atoms with Crippen molar-refractivity contribution in [2.45, 2.75) is 43.9 Å². The number of hydrogen-bond acceptors (Lipinski definition) is 3. The van der Waals surface area contributed by atoms with Gasteiger partial charge in [0.05, 0.1) is 0 Å². The maximum Gasteiger partial charge on any atom is 0.214 e. The van der Waals surface area contributed by atoms with Crippen LogP contribution in [0.3, 0.4) is 0 Å². The summed E-state index contributed by atoms with van der Waals surface area (Å²) in [6.45, 7) is 0. The molecule has 2 aliphatic heterocycles. The summed E-state index contributed by atoms with van der Waals surface area (Å²) in [7, 11) is 2.19. The lowest BCUT2D eigenvalue weighted by molar-refractivity contribution is -0.0848. The van der Waals surface area contributed by atoms with Gasteiger partial charge in [0.2, 0.25) is 5.88 Å². The Morgan fingerprint density at radius 2 is 2.31 bits per heavy atom. The molecule has 3 heterocycles. The molecular formula is C13H18N2O. The lowest BCUT2D eigenvalue weighted by Gasteiger charge is -2.41. The van der Waals surface area contributed by atoms with E-state index < -0.39 is 0 Å². The van der Waals surface area contributed by atoms with E-state index in [4.69, 9.17) is 4.74 Å². The molecule has 0 radical (unpaired) electrons. The van der Waals surface area contributed by atoms with Gasteiger partial charge in [-0.05, 0) is 32.4 Å². The summed E-state index contributed by atoms with van der Waals surface area (Å²) >= 11 is 0. The molecule has 2 fully saturated rings. The fourth-order valence-electron chi connectivity index (χ4n) is 3.12. The average Bonchev–Trinajstić information content (AvgIpc) is 2.52. The largest absolute Gasteiger partial charge is 0.456 e. The molecule has 0 aromatic carbocycles. The molecule has 0 aliphatic carbocycles. The van der Waals surface area contributed by atoms with Crippen molar-refractivity contribution in [2.24, 2.45) is 0 Å². The van der Waals surface area contributed by atoms with Crippen LogP contribution in [-0.4, -0.2) is 28.7 Å². The number of aromatic nitrogens is 1. The third-order valence-corrected chi connectivity index (χ3v) is 4.10. The summed E-state index contributed by atoms with van der Waals surface area (Å²) in [4.78, 5) is 6.69. The van der Waals surface area contributed by atoms with E-state index in [0.29, 0.717) is 0 Å². The monoisotopic (exact) mass is 218 g/mol. The highest BCUT2D eigenvalue weighted by molar-refractivity contribution is 5.12. The van der Waals surface area contributed by atoms with Crippen molar-refractivity contribution in [1.29, 1.82) is 0 Å². The molecule has 0 spiro atoms. The number of fused-ring (bicyclic) bond motifs is 2. The first kappa shape index (κ1) is 10.1. The van der Waals surface area contributed by atoms with Crippen LogP contribution in [0.2, 0.25) is 0 Å². The third kappa shape index (κ3) is 1.50. The summed E-state index contributed by atoms with van der Waals surface area (Å²) < 4.78 is 6.16. The van der Waals surface area contributed by atoms with Gasteiger partial charge in [-0.25, -0.2) is 4.98 Å². The molecule has 2 bridgehead atoms. The van der Waals surface area contributed by atoms with Gasteiger partial charge >= 0.3 is 0 Å². The zero-order valence-electron chi connectivity index (χ0n) is 9.72. The first-order valence-electron chi connectivity index (χ1n) is 6.13. The van der Waals surface area contributed by atoms with Gasteiger partial charge in [-0.2, -0.15) is 0 Å². The quantitative estimate of drug-likeness (QED) is 0.762. The zero-order chi connectivity index (χ0) is 11.0. The number of nitrogens with zero attached hydrogens (tertiary/aromatic N) is 2. The van der Waals surface area contributed by atoms with Crippen LogP contribution in [0.5, 0.6) is 5.88 Å². The first-order valence-corrected chi connectivity index (χ1v) is 6.13. The molecule has 2 saturated heterocycles. The number of hydrogen-bond donors (Lipinski definition) is 0. The third-order valence-electron chi connectivity index (χ3n) is 4.10. The molecule has 1 aromatic heterocycles. The second-order valence-corrected chi connectivity index (χ2v) is 4.91. The van der Waals surface area contributed by atoms with Crippen LogP contribution >= 0.6 is 0 Å². The Hall–Kier alpha value is -1.09. The Kier molecular flexibility index (Phi) is 2.36. The van der Waals surface area contributed by atoms with E-state index in [2.05, 4.69) is 16.9 Å². The zero-order valence-corrected chi connectivity index (χ0v) is 9.72. The molecule has 0 N–H and O–H groups in total. The van der Waals surface area contributed by atoms with Gasteiger partial charge in [-0.1, -0.05) is 6.07 Å². The number of pyridine rings is 1. The number of piperidine rings is 1. The molecule has 3 nitrogen and oxygen atoms in total. The van der Waals surface area contributed by atoms with Crippen molar-refractivity contribution in [3.8, 4) is 5.88 Å². The first-order chi connectivity index (χ1) is 7.80. The van der Waals surface area contributed by atoms with Crippen LogP contribution in [0.25, 0.3) is 0 Å². The van der Waals surface area contributed by atoms with Gasteiger partial charge < -0.3 is 4.74 Å². The van der Waals surface area contributed by atoms with Crippen molar-refractivity contribution in [3.63, 3.8) is 0 Å².